The number of rotatable bonds is 5. The zero-order valence-corrected chi connectivity index (χ0v) is 11.2. The molecule has 1 aliphatic heterocycles. The third kappa shape index (κ3) is 4.71. The van der Waals surface area contributed by atoms with Gasteiger partial charge in [-0.05, 0) is 23.8 Å². The highest BCUT2D eigenvalue weighted by atomic mass is 32.2. The maximum atomic E-state index is 11.9. The van der Waals surface area contributed by atoms with Crippen molar-refractivity contribution in [2.24, 2.45) is 0 Å². The topological polar surface area (TPSA) is 21.3 Å². The molecule has 0 spiro atoms. The summed E-state index contributed by atoms with van der Waals surface area (Å²) in [6.45, 7) is -0.670. The van der Waals surface area contributed by atoms with E-state index in [-0.39, 0.29) is 12.6 Å². The second-order valence-corrected chi connectivity index (χ2v) is 5.49. The Morgan fingerprint density at radius 1 is 1.32 bits per heavy atom. The molecule has 6 heteroatoms. The summed E-state index contributed by atoms with van der Waals surface area (Å²) >= 11 is 1.82. The molecule has 0 saturated heterocycles. The second kappa shape index (κ2) is 6.63. The highest BCUT2D eigenvalue weighted by Crippen LogP contribution is 2.35. The summed E-state index contributed by atoms with van der Waals surface area (Å²) in [5.41, 5.74) is 1.23. The summed E-state index contributed by atoms with van der Waals surface area (Å²) in [4.78, 5) is 1.25. The van der Waals surface area contributed by atoms with E-state index in [1.54, 1.807) is 0 Å². The molecule has 0 fully saturated rings. The molecule has 106 valence electrons. The van der Waals surface area contributed by atoms with Crippen molar-refractivity contribution in [2.45, 2.75) is 23.5 Å². The Bertz CT molecular complexity index is 411. The zero-order chi connectivity index (χ0) is 13.7. The average Bonchev–Trinajstić information content (AvgIpc) is 2.37. The first-order valence-electron chi connectivity index (χ1n) is 6.16. The largest absolute Gasteiger partial charge is 0.411 e. The minimum Gasteiger partial charge on any atom is -0.371 e. The maximum absolute atomic E-state index is 11.9. The van der Waals surface area contributed by atoms with Crippen LogP contribution in [-0.2, 0) is 4.74 Å². The quantitative estimate of drug-likeness (QED) is 0.840. The van der Waals surface area contributed by atoms with Gasteiger partial charge in [0.05, 0.1) is 6.61 Å². The van der Waals surface area contributed by atoms with Gasteiger partial charge in [-0.3, -0.25) is 0 Å². The van der Waals surface area contributed by atoms with Crippen LogP contribution >= 0.6 is 11.8 Å². The summed E-state index contributed by atoms with van der Waals surface area (Å²) in [5.74, 6) is 1.03. The van der Waals surface area contributed by atoms with Gasteiger partial charge in [0.1, 0.15) is 6.61 Å². The van der Waals surface area contributed by atoms with Crippen molar-refractivity contribution in [3.8, 4) is 0 Å². The number of benzene rings is 1. The lowest BCUT2D eigenvalue weighted by molar-refractivity contribution is -0.173. The molecule has 1 aromatic rings. The van der Waals surface area contributed by atoms with E-state index >= 15 is 0 Å². The van der Waals surface area contributed by atoms with E-state index in [0.29, 0.717) is 6.54 Å². The fourth-order valence-electron chi connectivity index (χ4n) is 2.05. The van der Waals surface area contributed by atoms with E-state index in [1.807, 2.05) is 23.9 Å². The Balaban J connectivity index is 1.75. The monoisotopic (exact) mass is 291 g/mol. The molecule has 0 amide bonds. The smallest absolute Gasteiger partial charge is 0.371 e. The van der Waals surface area contributed by atoms with Gasteiger partial charge in [0, 0.05) is 17.5 Å². The minimum atomic E-state index is -4.24. The van der Waals surface area contributed by atoms with E-state index in [9.17, 15) is 13.2 Å². The van der Waals surface area contributed by atoms with Crippen LogP contribution in [0.3, 0.4) is 0 Å². The summed E-state index contributed by atoms with van der Waals surface area (Å²) in [6.07, 6.45) is -3.25. The highest BCUT2D eigenvalue weighted by molar-refractivity contribution is 7.99. The average molecular weight is 291 g/mol. The lowest BCUT2D eigenvalue weighted by Crippen LogP contribution is -2.29. The number of alkyl halides is 3. The van der Waals surface area contributed by atoms with Gasteiger partial charge in [0.15, 0.2) is 0 Å². The van der Waals surface area contributed by atoms with Gasteiger partial charge in [-0.25, -0.2) is 0 Å². The predicted octanol–water partition coefficient (Wildman–Crippen LogP) is 3.39. The van der Waals surface area contributed by atoms with E-state index in [2.05, 4.69) is 22.2 Å². The lowest BCUT2D eigenvalue weighted by atomic mass is 10.0. The van der Waals surface area contributed by atoms with Crippen molar-refractivity contribution in [1.29, 1.82) is 0 Å². The minimum absolute atomic E-state index is 0.0747. The molecule has 1 heterocycles. The first kappa shape index (κ1) is 14.7. The first-order chi connectivity index (χ1) is 9.06. The zero-order valence-electron chi connectivity index (χ0n) is 10.4. The maximum Gasteiger partial charge on any atom is 0.411 e. The fourth-order valence-corrected chi connectivity index (χ4v) is 3.17. The summed E-state index contributed by atoms with van der Waals surface area (Å²) in [6, 6.07) is 8.34. The molecule has 2 nitrogen and oxygen atoms in total. The molecule has 1 N–H and O–H groups in total. The van der Waals surface area contributed by atoms with Crippen LogP contribution in [0.5, 0.6) is 0 Å². The molecular weight excluding hydrogens is 275 g/mol. The number of nitrogens with one attached hydrogen (secondary N) is 1. The van der Waals surface area contributed by atoms with Crippen LogP contribution in [0.4, 0.5) is 13.2 Å². The van der Waals surface area contributed by atoms with E-state index < -0.39 is 12.8 Å². The van der Waals surface area contributed by atoms with Crippen LogP contribution in [-0.4, -0.2) is 31.7 Å². The molecule has 2 rings (SSSR count). The number of fused-ring (bicyclic) bond motifs is 1. The van der Waals surface area contributed by atoms with Crippen molar-refractivity contribution >= 4 is 11.8 Å². The van der Waals surface area contributed by atoms with Crippen molar-refractivity contribution in [3.05, 3.63) is 29.8 Å². The summed E-state index contributed by atoms with van der Waals surface area (Å²) in [7, 11) is 0. The Hall–Kier alpha value is -0.720. The number of thioether (sulfide) groups is 1. The molecule has 1 unspecified atom stereocenters. The normalized spacial score (nSPS) is 19.2. The third-order valence-electron chi connectivity index (χ3n) is 2.86. The van der Waals surface area contributed by atoms with E-state index in [1.165, 1.54) is 10.5 Å². The van der Waals surface area contributed by atoms with Crippen LogP contribution in [0.2, 0.25) is 0 Å². The van der Waals surface area contributed by atoms with E-state index in [0.717, 1.165) is 12.2 Å². The van der Waals surface area contributed by atoms with Gasteiger partial charge < -0.3 is 10.1 Å². The molecule has 1 aromatic carbocycles. The van der Waals surface area contributed by atoms with Crippen LogP contribution in [0.15, 0.2) is 29.2 Å². The SMILES string of the molecule is FC(F)(F)COCCNC1CCSc2ccccc21. The van der Waals surface area contributed by atoms with Gasteiger partial charge >= 0.3 is 6.18 Å². The molecule has 0 aliphatic carbocycles. The standard InChI is InChI=1S/C13H16F3NOS/c14-13(15,16)9-18-7-6-17-11-5-8-19-12-4-2-1-3-10(11)12/h1-4,11,17H,5-9H2. The Morgan fingerprint density at radius 3 is 2.89 bits per heavy atom. The number of halogens is 3. The summed E-state index contributed by atoms with van der Waals surface area (Å²) < 4.78 is 40.2. The van der Waals surface area contributed by atoms with Gasteiger partial charge in [0.2, 0.25) is 0 Å². The van der Waals surface area contributed by atoms with Gasteiger partial charge in [-0.1, -0.05) is 18.2 Å². The molecule has 1 atom stereocenters. The molecule has 0 bridgehead atoms. The van der Waals surface area contributed by atoms with Crippen molar-refractivity contribution < 1.29 is 17.9 Å². The van der Waals surface area contributed by atoms with Gasteiger partial charge in [-0.15, -0.1) is 11.8 Å². The van der Waals surface area contributed by atoms with Crippen molar-refractivity contribution in [3.63, 3.8) is 0 Å². The highest BCUT2D eigenvalue weighted by Gasteiger charge is 2.27. The predicted molar refractivity (Wildman–Crippen MR) is 69.4 cm³/mol. The van der Waals surface area contributed by atoms with Gasteiger partial charge in [0.25, 0.3) is 0 Å². The molecule has 19 heavy (non-hydrogen) atoms. The first-order valence-corrected chi connectivity index (χ1v) is 7.14. The van der Waals surface area contributed by atoms with Crippen molar-refractivity contribution in [2.75, 3.05) is 25.5 Å². The fraction of sp³-hybridized carbons (Fsp3) is 0.538. The molecule has 0 radical (unpaired) electrons. The molecular formula is C13H16F3NOS. The Kier molecular flexibility index (Phi) is 5.13. The Morgan fingerprint density at radius 2 is 2.11 bits per heavy atom. The molecule has 0 aromatic heterocycles. The third-order valence-corrected chi connectivity index (χ3v) is 3.98. The van der Waals surface area contributed by atoms with Gasteiger partial charge in [-0.2, -0.15) is 13.2 Å². The van der Waals surface area contributed by atoms with Crippen LogP contribution in [0.1, 0.15) is 18.0 Å². The molecule has 1 aliphatic rings. The van der Waals surface area contributed by atoms with Crippen LogP contribution in [0, 0.1) is 0 Å². The number of hydrogen-bond donors (Lipinski definition) is 1. The Labute approximate surface area is 114 Å². The van der Waals surface area contributed by atoms with Crippen LogP contribution in [0.25, 0.3) is 0 Å². The molecule has 0 saturated carbocycles. The van der Waals surface area contributed by atoms with E-state index in [4.69, 9.17) is 0 Å². The number of hydrogen-bond acceptors (Lipinski definition) is 3. The van der Waals surface area contributed by atoms with Crippen LogP contribution < -0.4 is 5.32 Å². The number of ether oxygens (including phenoxy) is 1. The second-order valence-electron chi connectivity index (χ2n) is 4.35. The van der Waals surface area contributed by atoms with Crippen molar-refractivity contribution in [1.82, 2.24) is 5.32 Å². The summed E-state index contributed by atoms with van der Waals surface area (Å²) in [5, 5.41) is 3.26. The lowest BCUT2D eigenvalue weighted by Gasteiger charge is -2.26.